The summed E-state index contributed by atoms with van der Waals surface area (Å²) >= 11 is 0. The predicted octanol–water partition coefficient (Wildman–Crippen LogP) is 4.27. The largest absolute Gasteiger partial charge is 0.465 e. The van der Waals surface area contributed by atoms with Crippen LogP contribution in [0.1, 0.15) is 21.6 Å². The van der Waals surface area contributed by atoms with E-state index in [1.54, 1.807) is 12.1 Å². The Morgan fingerprint density at radius 1 is 1.20 bits per heavy atom. The molecule has 0 saturated carbocycles. The molecule has 4 N–H and O–H groups in total. The van der Waals surface area contributed by atoms with Crippen molar-refractivity contribution in [3.8, 4) is 11.1 Å². The third-order valence-electron chi connectivity index (χ3n) is 4.12. The third-order valence-corrected chi connectivity index (χ3v) is 4.12. The number of alkyl halides is 3. The lowest BCUT2D eigenvalue weighted by Crippen LogP contribution is -2.11. The molecule has 0 aliphatic heterocycles. The Morgan fingerprint density at radius 2 is 1.97 bits per heavy atom. The van der Waals surface area contributed by atoms with Crippen molar-refractivity contribution in [3.05, 3.63) is 65.6 Å². The van der Waals surface area contributed by atoms with Crippen molar-refractivity contribution in [1.29, 1.82) is 5.41 Å². The zero-order valence-electron chi connectivity index (χ0n) is 15.6. The average molecular weight is 415 g/mol. The highest BCUT2D eigenvalue weighted by Gasteiger charge is 2.32. The number of esters is 1. The summed E-state index contributed by atoms with van der Waals surface area (Å²) in [6.45, 7) is 0. The number of halogens is 3. The van der Waals surface area contributed by atoms with Gasteiger partial charge in [-0.15, -0.1) is 0 Å². The van der Waals surface area contributed by atoms with Crippen molar-refractivity contribution in [2.24, 2.45) is 0 Å². The molecule has 0 spiro atoms. The Kier molecular flexibility index (Phi) is 5.67. The van der Waals surface area contributed by atoms with Gasteiger partial charge in [-0.1, -0.05) is 6.07 Å². The first-order chi connectivity index (χ1) is 14.2. The number of anilines is 3. The molecule has 7 nitrogen and oxygen atoms in total. The number of ether oxygens (including phenoxy) is 1. The summed E-state index contributed by atoms with van der Waals surface area (Å²) < 4.78 is 43.7. The van der Waals surface area contributed by atoms with Crippen LogP contribution in [0.3, 0.4) is 0 Å². The minimum absolute atomic E-state index is 0.0434. The highest BCUT2D eigenvalue weighted by atomic mass is 19.4. The monoisotopic (exact) mass is 415 g/mol. The Labute approximate surface area is 169 Å². The SMILES string of the molecule is COC(=O)c1cc(-c2cncc(N)c2)cc(Nc2cccc(C(F)(F)F)n2)c1C=N. The molecular formula is C20H16F3N5O2. The minimum atomic E-state index is -4.62. The number of rotatable bonds is 5. The number of hydrogen-bond donors (Lipinski definition) is 3. The van der Waals surface area contributed by atoms with E-state index in [9.17, 15) is 18.0 Å². The van der Waals surface area contributed by atoms with Gasteiger partial charge in [-0.25, -0.2) is 9.78 Å². The van der Waals surface area contributed by atoms with Crippen LogP contribution in [0.15, 0.2) is 48.8 Å². The number of methoxy groups -OCH3 is 1. The smallest absolute Gasteiger partial charge is 0.433 e. The zero-order valence-corrected chi connectivity index (χ0v) is 15.6. The van der Waals surface area contributed by atoms with Crippen molar-refractivity contribution in [2.75, 3.05) is 18.2 Å². The van der Waals surface area contributed by atoms with Crippen LogP contribution in [0, 0.1) is 5.41 Å². The molecule has 30 heavy (non-hydrogen) atoms. The van der Waals surface area contributed by atoms with Gasteiger partial charge in [0.2, 0.25) is 0 Å². The van der Waals surface area contributed by atoms with Crippen LogP contribution in [-0.4, -0.2) is 29.3 Å². The van der Waals surface area contributed by atoms with Crippen molar-refractivity contribution < 1.29 is 22.7 Å². The quantitative estimate of drug-likeness (QED) is 0.424. The normalized spacial score (nSPS) is 11.1. The van der Waals surface area contributed by atoms with Crippen molar-refractivity contribution in [3.63, 3.8) is 0 Å². The molecule has 154 valence electrons. The number of nitrogens with zero attached hydrogens (tertiary/aromatic N) is 2. The standard InChI is InChI=1S/C20H16F3N5O2/c1-30-19(29)14-6-11(12-5-13(25)10-26-9-12)7-16(15(14)8-24)27-18-4-2-3-17(28-18)20(21,22)23/h2-10,24H,25H2,1H3,(H,27,28). The molecule has 0 atom stereocenters. The predicted molar refractivity (Wildman–Crippen MR) is 106 cm³/mol. The lowest BCUT2D eigenvalue weighted by atomic mass is 9.98. The molecule has 0 aliphatic rings. The van der Waals surface area contributed by atoms with Crippen LogP contribution in [0.4, 0.5) is 30.4 Å². The molecule has 3 rings (SSSR count). The second-order valence-electron chi connectivity index (χ2n) is 6.16. The number of hydrogen-bond acceptors (Lipinski definition) is 7. The highest BCUT2D eigenvalue weighted by Crippen LogP contribution is 2.32. The van der Waals surface area contributed by atoms with E-state index < -0.39 is 17.8 Å². The molecule has 0 fully saturated rings. The number of aromatic nitrogens is 2. The van der Waals surface area contributed by atoms with Gasteiger partial charge in [-0.3, -0.25) is 4.98 Å². The van der Waals surface area contributed by atoms with Crippen LogP contribution < -0.4 is 11.1 Å². The fourth-order valence-electron chi connectivity index (χ4n) is 2.77. The van der Waals surface area contributed by atoms with Crippen LogP contribution in [-0.2, 0) is 10.9 Å². The topological polar surface area (TPSA) is 114 Å². The van der Waals surface area contributed by atoms with E-state index in [1.165, 1.54) is 37.7 Å². The van der Waals surface area contributed by atoms with Gasteiger partial charge in [0.05, 0.1) is 18.4 Å². The second-order valence-corrected chi connectivity index (χ2v) is 6.16. The molecule has 0 saturated heterocycles. The lowest BCUT2D eigenvalue weighted by Gasteiger charge is -2.16. The fraction of sp³-hybridized carbons (Fsp3) is 0.100. The van der Waals surface area contributed by atoms with Crippen LogP contribution >= 0.6 is 0 Å². The molecule has 2 heterocycles. The number of benzene rings is 1. The van der Waals surface area contributed by atoms with E-state index in [0.717, 1.165) is 12.3 Å². The van der Waals surface area contributed by atoms with E-state index in [1.807, 2.05) is 0 Å². The average Bonchev–Trinajstić information content (AvgIpc) is 2.72. The van der Waals surface area contributed by atoms with Gasteiger partial charge in [-0.05, 0) is 35.9 Å². The fourth-order valence-corrected chi connectivity index (χ4v) is 2.77. The molecule has 10 heteroatoms. The maximum atomic E-state index is 13.0. The Balaban J connectivity index is 2.16. The van der Waals surface area contributed by atoms with Crippen molar-refractivity contribution in [2.45, 2.75) is 6.18 Å². The molecule has 0 unspecified atom stereocenters. The summed E-state index contributed by atoms with van der Waals surface area (Å²) in [7, 11) is 1.19. The molecule has 0 amide bonds. The van der Waals surface area contributed by atoms with Gasteiger partial charge in [0.15, 0.2) is 0 Å². The maximum absolute atomic E-state index is 13.0. The number of pyridine rings is 2. The molecule has 3 aromatic rings. The summed E-state index contributed by atoms with van der Waals surface area (Å²) in [5, 5.41) is 10.5. The lowest BCUT2D eigenvalue weighted by molar-refractivity contribution is -0.141. The number of carbonyl (C=O) groups excluding carboxylic acids is 1. The summed E-state index contributed by atoms with van der Waals surface area (Å²) in [6.07, 6.45) is -0.747. The number of carbonyl (C=O) groups is 1. The summed E-state index contributed by atoms with van der Waals surface area (Å²) in [5.74, 6) is -0.821. The Bertz CT molecular complexity index is 1120. The van der Waals surface area contributed by atoms with Gasteiger partial charge < -0.3 is 21.2 Å². The summed E-state index contributed by atoms with van der Waals surface area (Å²) in [5.41, 5.74) is 6.51. The maximum Gasteiger partial charge on any atom is 0.433 e. The van der Waals surface area contributed by atoms with E-state index >= 15 is 0 Å². The number of nitrogens with one attached hydrogen (secondary N) is 2. The first-order valence-corrected chi connectivity index (χ1v) is 8.52. The minimum Gasteiger partial charge on any atom is -0.465 e. The van der Waals surface area contributed by atoms with E-state index in [0.29, 0.717) is 16.8 Å². The van der Waals surface area contributed by atoms with Crippen LogP contribution in [0.5, 0.6) is 0 Å². The molecule has 0 radical (unpaired) electrons. The van der Waals surface area contributed by atoms with Gasteiger partial charge in [0, 0.05) is 35.4 Å². The molecule has 2 aromatic heterocycles. The first-order valence-electron chi connectivity index (χ1n) is 8.52. The molecular weight excluding hydrogens is 399 g/mol. The molecule has 1 aromatic carbocycles. The highest BCUT2D eigenvalue weighted by molar-refractivity contribution is 6.04. The Morgan fingerprint density at radius 3 is 2.60 bits per heavy atom. The Hall–Kier alpha value is -3.95. The third kappa shape index (κ3) is 4.37. The molecule has 0 bridgehead atoms. The van der Waals surface area contributed by atoms with Gasteiger partial charge >= 0.3 is 12.1 Å². The van der Waals surface area contributed by atoms with Crippen molar-refractivity contribution >= 4 is 29.4 Å². The number of nitrogen functional groups attached to an aromatic ring is 1. The second kappa shape index (κ2) is 8.19. The van der Waals surface area contributed by atoms with Gasteiger partial charge in [0.25, 0.3) is 0 Å². The van der Waals surface area contributed by atoms with Gasteiger partial charge in [-0.2, -0.15) is 13.2 Å². The number of nitrogens with two attached hydrogens (primary N) is 1. The van der Waals surface area contributed by atoms with E-state index in [2.05, 4.69) is 15.3 Å². The van der Waals surface area contributed by atoms with Gasteiger partial charge in [0.1, 0.15) is 11.5 Å². The zero-order chi connectivity index (χ0) is 21.9. The van der Waals surface area contributed by atoms with E-state index in [-0.39, 0.29) is 22.6 Å². The van der Waals surface area contributed by atoms with Crippen LogP contribution in [0.2, 0.25) is 0 Å². The first kappa shape index (κ1) is 20.8. The van der Waals surface area contributed by atoms with Crippen LogP contribution in [0.25, 0.3) is 11.1 Å². The van der Waals surface area contributed by atoms with Crippen molar-refractivity contribution in [1.82, 2.24) is 9.97 Å². The summed E-state index contributed by atoms with van der Waals surface area (Å²) in [6, 6.07) is 8.07. The van der Waals surface area contributed by atoms with E-state index in [4.69, 9.17) is 15.9 Å². The molecule has 0 aliphatic carbocycles. The summed E-state index contributed by atoms with van der Waals surface area (Å²) in [4.78, 5) is 19.8.